The van der Waals surface area contributed by atoms with Gasteiger partial charge in [0.05, 0.1) is 0 Å². The maximum atomic E-state index is 12.2. The molecule has 2 aromatic rings. The van der Waals surface area contributed by atoms with Gasteiger partial charge in [0.25, 0.3) is 0 Å². The van der Waals surface area contributed by atoms with Crippen molar-refractivity contribution < 1.29 is 9.59 Å². The Morgan fingerprint density at radius 3 is 1.75 bits per heavy atom. The van der Waals surface area contributed by atoms with Crippen molar-refractivity contribution in [2.24, 2.45) is 0 Å². The summed E-state index contributed by atoms with van der Waals surface area (Å²) >= 11 is 0. The van der Waals surface area contributed by atoms with Crippen LogP contribution in [-0.2, 0) is 15.0 Å². The zero-order valence-electron chi connectivity index (χ0n) is 16.9. The largest absolute Gasteiger partial charge is 0.372 e. The molecule has 0 aliphatic carbocycles. The van der Waals surface area contributed by atoms with E-state index in [0.29, 0.717) is 11.4 Å². The molecule has 0 aromatic heterocycles. The number of carbonyl (C=O) groups is 2. The molecule has 0 unspecified atom stereocenters. The molecule has 1 aliphatic rings. The number of benzene rings is 2. The lowest BCUT2D eigenvalue weighted by molar-refractivity contribution is -0.123. The third-order valence-electron chi connectivity index (χ3n) is 4.98. The van der Waals surface area contributed by atoms with E-state index in [1.165, 1.54) is 24.1 Å². The highest BCUT2D eigenvalue weighted by Crippen LogP contribution is 2.24. The maximum Gasteiger partial charge on any atom is 0.233 e. The van der Waals surface area contributed by atoms with Crippen molar-refractivity contribution in [3.8, 4) is 0 Å². The Bertz CT molecular complexity index is 814. The van der Waals surface area contributed by atoms with Crippen LogP contribution in [0.4, 0.5) is 17.1 Å². The minimum absolute atomic E-state index is 0.0623. The smallest absolute Gasteiger partial charge is 0.233 e. The van der Waals surface area contributed by atoms with Gasteiger partial charge in [-0.3, -0.25) is 9.59 Å². The van der Waals surface area contributed by atoms with Gasteiger partial charge in [0.1, 0.15) is 6.42 Å². The zero-order valence-corrected chi connectivity index (χ0v) is 16.9. The molecule has 0 bridgehead atoms. The summed E-state index contributed by atoms with van der Waals surface area (Å²) < 4.78 is 0. The monoisotopic (exact) mass is 379 g/mol. The second-order valence-corrected chi connectivity index (χ2v) is 8.34. The Morgan fingerprint density at radius 1 is 0.821 bits per heavy atom. The fourth-order valence-electron chi connectivity index (χ4n) is 3.34. The van der Waals surface area contributed by atoms with Crippen LogP contribution in [0.3, 0.4) is 0 Å². The molecule has 1 saturated heterocycles. The summed E-state index contributed by atoms with van der Waals surface area (Å²) in [6.45, 7) is 8.60. The molecule has 3 rings (SSSR count). The van der Waals surface area contributed by atoms with Crippen LogP contribution < -0.4 is 15.5 Å². The van der Waals surface area contributed by atoms with Crippen LogP contribution >= 0.6 is 0 Å². The van der Waals surface area contributed by atoms with Gasteiger partial charge in [-0.25, -0.2) is 0 Å². The third kappa shape index (κ3) is 5.35. The van der Waals surface area contributed by atoms with E-state index in [4.69, 9.17) is 0 Å². The Hall–Kier alpha value is -2.82. The molecule has 0 radical (unpaired) electrons. The average molecular weight is 380 g/mol. The summed E-state index contributed by atoms with van der Waals surface area (Å²) in [5.41, 5.74) is 3.83. The van der Waals surface area contributed by atoms with Gasteiger partial charge in [-0.2, -0.15) is 0 Å². The number of hydrogen-bond donors (Lipinski definition) is 2. The van der Waals surface area contributed by atoms with Gasteiger partial charge in [-0.15, -0.1) is 0 Å². The van der Waals surface area contributed by atoms with Gasteiger partial charge in [-0.05, 0) is 60.2 Å². The Kier molecular flexibility index (Phi) is 6.02. The summed E-state index contributed by atoms with van der Waals surface area (Å²) in [6.07, 6.45) is 2.24. The lowest BCUT2D eigenvalue weighted by atomic mass is 9.87. The summed E-state index contributed by atoms with van der Waals surface area (Å²) in [4.78, 5) is 26.6. The number of carbonyl (C=O) groups excluding carboxylic acids is 2. The van der Waals surface area contributed by atoms with Crippen LogP contribution in [0.1, 0.15) is 45.6 Å². The highest BCUT2D eigenvalue weighted by molar-refractivity contribution is 6.08. The molecule has 2 aromatic carbocycles. The molecular formula is C23H29N3O2. The van der Waals surface area contributed by atoms with Crippen molar-refractivity contribution in [1.29, 1.82) is 0 Å². The van der Waals surface area contributed by atoms with Crippen LogP contribution in [0.15, 0.2) is 48.5 Å². The number of rotatable bonds is 5. The van der Waals surface area contributed by atoms with Crippen molar-refractivity contribution in [3.63, 3.8) is 0 Å². The molecule has 1 heterocycles. The zero-order chi connectivity index (χ0) is 20.1. The molecule has 148 valence electrons. The van der Waals surface area contributed by atoms with Crippen molar-refractivity contribution in [2.75, 3.05) is 28.6 Å². The third-order valence-corrected chi connectivity index (χ3v) is 4.98. The first-order valence-electron chi connectivity index (χ1n) is 9.86. The summed E-state index contributed by atoms with van der Waals surface area (Å²) in [6, 6.07) is 15.5. The Balaban J connectivity index is 1.49. The van der Waals surface area contributed by atoms with E-state index in [9.17, 15) is 9.59 Å². The van der Waals surface area contributed by atoms with E-state index >= 15 is 0 Å². The van der Waals surface area contributed by atoms with Crippen LogP contribution in [0.5, 0.6) is 0 Å². The van der Waals surface area contributed by atoms with E-state index in [0.717, 1.165) is 13.1 Å². The molecule has 2 amide bonds. The Morgan fingerprint density at radius 2 is 1.29 bits per heavy atom. The molecule has 1 fully saturated rings. The molecular weight excluding hydrogens is 350 g/mol. The fraction of sp³-hybridized carbons (Fsp3) is 0.391. The van der Waals surface area contributed by atoms with E-state index in [1.807, 2.05) is 48.5 Å². The van der Waals surface area contributed by atoms with Gasteiger partial charge in [0, 0.05) is 30.2 Å². The van der Waals surface area contributed by atoms with Gasteiger partial charge in [-0.1, -0.05) is 32.9 Å². The number of amides is 2. The normalized spacial score (nSPS) is 14.0. The number of nitrogens with one attached hydrogen (secondary N) is 2. The second-order valence-electron chi connectivity index (χ2n) is 8.34. The van der Waals surface area contributed by atoms with Crippen LogP contribution in [0, 0.1) is 0 Å². The summed E-state index contributed by atoms with van der Waals surface area (Å²) in [5, 5.41) is 5.56. The molecule has 2 N–H and O–H groups in total. The standard InChI is InChI=1S/C23H29N3O2/c1-23(2,3)17-6-8-18(9-7-17)24-21(27)16-22(28)25-19-10-12-20(13-11-19)26-14-4-5-15-26/h6-13H,4-5,14-16H2,1-3H3,(H,24,27)(H,25,28). The van der Waals surface area contributed by atoms with E-state index in [1.54, 1.807) is 0 Å². The summed E-state index contributed by atoms with van der Waals surface area (Å²) in [5.74, 6) is -0.646. The van der Waals surface area contributed by atoms with Gasteiger partial charge in [0.15, 0.2) is 0 Å². The predicted octanol–water partition coefficient (Wildman–Crippen LogP) is 4.55. The Labute approximate surface area is 167 Å². The molecule has 0 saturated carbocycles. The molecule has 0 spiro atoms. The number of nitrogens with zero attached hydrogens (tertiary/aromatic N) is 1. The van der Waals surface area contributed by atoms with E-state index in [2.05, 4.69) is 36.3 Å². The SMILES string of the molecule is CC(C)(C)c1ccc(NC(=O)CC(=O)Nc2ccc(N3CCCC3)cc2)cc1. The van der Waals surface area contributed by atoms with Crippen molar-refractivity contribution in [3.05, 3.63) is 54.1 Å². The van der Waals surface area contributed by atoms with Crippen molar-refractivity contribution >= 4 is 28.9 Å². The van der Waals surface area contributed by atoms with Gasteiger partial charge in [0.2, 0.25) is 11.8 Å². The topological polar surface area (TPSA) is 61.4 Å². The molecule has 5 nitrogen and oxygen atoms in total. The predicted molar refractivity (Wildman–Crippen MR) is 115 cm³/mol. The molecule has 28 heavy (non-hydrogen) atoms. The van der Waals surface area contributed by atoms with Crippen LogP contribution in [0.2, 0.25) is 0 Å². The van der Waals surface area contributed by atoms with E-state index in [-0.39, 0.29) is 23.7 Å². The minimum Gasteiger partial charge on any atom is -0.372 e. The first-order chi connectivity index (χ1) is 13.3. The second kappa shape index (κ2) is 8.46. The molecule has 5 heteroatoms. The van der Waals surface area contributed by atoms with E-state index < -0.39 is 0 Å². The lowest BCUT2D eigenvalue weighted by Crippen LogP contribution is -2.21. The number of anilines is 3. The van der Waals surface area contributed by atoms with Crippen LogP contribution in [0.25, 0.3) is 0 Å². The first kappa shape index (κ1) is 19.9. The quantitative estimate of drug-likeness (QED) is 0.749. The molecule has 0 atom stereocenters. The maximum absolute atomic E-state index is 12.2. The van der Waals surface area contributed by atoms with Crippen molar-refractivity contribution in [2.45, 2.75) is 45.4 Å². The fourth-order valence-corrected chi connectivity index (χ4v) is 3.34. The first-order valence-corrected chi connectivity index (χ1v) is 9.86. The van der Waals surface area contributed by atoms with Gasteiger partial charge >= 0.3 is 0 Å². The molecule has 1 aliphatic heterocycles. The minimum atomic E-state index is -0.324. The number of hydrogen-bond acceptors (Lipinski definition) is 3. The highest BCUT2D eigenvalue weighted by Gasteiger charge is 2.15. The van der Waals surface area contributed by atoms with Crippen LogP contribution in [-0.4, -0.2) is 24.9 Å². The van der Waals surface area contributed by atoms with Crippen molar-refractivity contribution in [1.82, 2.24) is 0 Å². The highest BCUT2D eigenvalue weighted by atomic mass is 16.2. The average Bonchev–Trinajstić information content (AvgIpc) is 3.16. The summed E-state index contributed by atoms with van der Waals surface area (Å²) in [7, 11) is 0. The lowest BCUT2D eigenvalue weighted by Gasteiger charge is -2.19. The van der Waals surface area contributed by atoms with Gasteiger partial charge < -0.3 is 15.5 Å².